The lowest BCUT2D eigenvalue weighted by molar-refractivity contribution is 0.411. The zero-order valence-electron chi connectivity index (χ0n) is 20.3. The molecule has 0 saturated carbocycles. The molecular formula is C24H26N8O4. The average molecular weight is 491 g/mol. The average Bonchev–Trinajstić information content (AvgIpc) is 3.65. The topological polar surface area (TPSA) is 139 Å². The SMILES string of the molecule is CCCn1c(=O)c2[nH]c(-c3cnn(Cc4noc(-c5cccc(OC)c5)n4)c3)nc2n(CCC)c1=O. The molecule has 0 bridgehead atoms. The number of aromatic nitrogens is 8. The third-order valence-corrected chi connectivity index (χ3v) is 5.75. The van der Waals surface area contributed by atoms with Crippen LogP contribution in [0.4, 0.5) is 0 Å². The van der Waals surface area contributed by atoms with Gasteiger partial charge in [0, 0.05) is 24.8 Å². The number of methoxy groups -OCH3 is 1. The Kier molecular flexibility index (Phi) is 6.23. The molecule has 0 radical (unpaired) electrons. The summed E-state index contributed by atoms with van der Waals surface area (Å²) in [5.74, 6) is 1.98. The van der Waals surface area contributed by atoms with Gasteiger partial charge in [-0.25, -0.2) is 9.78 Å². The maximum absolute atomic E-state index is 13.0. The summed E-state index contributed by atoms with van der Waals surface area (Å²) in [6, 6.07) is 7.37. The second-order valence-electron chi connectivity index (χ2n) is 8.35. The van der Waals surface area contributed by atoms with Gasteiger partial charge >= 0.3 is 5.69 Å². The van der Waals surface area contributed by atoms with Crippen molar-refractivity contribution in [1.82, 2.24) is 39.0 Å². The Hall–Kier alpha value is -4.48. The normalized spacial score (nSPS) is 11.4. The van der Waals surface area contributed by atoms with Crippen LogP contribution in [0.3, 0.4) is 0 Å². The highest BCUT2D eigenvalue weighted by Gasteiger charge is 2.18. The fourth-order valence-corrected chi connectivity index (χ4v) is 4.06. The van der Waals surface area contributed by atoms with E-state index >= 15 is 0 Å². The Morgan fingerprint density at radius 1 is 1.06 bits per heavy atom. The molecule has 0 amide bonds. The van der Waals surface area contributed by atoms with Gasteiger partial charge in [-0.1, -0.05) is 25.1 Å². The van der Waals surface area contributed by atoms with Crippen molar-refractivity contribution >= 4 is 11.2 Å². The quantitative estimate of drug-likeness (QED) is 0.333. The number of fused-ring (bicyclic) bond motifs is 1. The van der Waals surface area contributed by atoms with Crippen LogP contribution in [0.1, 0.15) is 32.5 Å². The van der Waals surface area contributed by atoms with Crippen LogP contribution in [-0.4, -0.2) is 46.1 Å². The van der Waals surface area contributed by atoms with Crippen LogP contribution in [0, 0.1) is 0 Å². The molecule has 12 nitrogen and oxygen atoms in total. The van der Waals surface area contributed by atoms with Gasteiger partial charge < -0.3 is 14.2 Å². The molecule has 0 atom stereocenters. The zero-order chi connectivity index (χ0) is 25.2. The maximum Gasteiger partial charge on any atom is 0.332 e. The van der Waals surface area contributed by atoms with E-state index in [0.717, 1.165) is 12.0 Å². The fourth-order valence-electron chi connectivity index (χ4n) is 4.06. The Balaban J connectivity index is 1.44. The Morgan fingerprint density at radius 3 is 2.64 bits per heavy atom. The Labute approximate surface area is 205 Å². The molecule has 1 aromatic carbocycles. The van der Waals surface area contributed by atoms with Gasteiger partial charge in [0.25, 0.3) is 11.4 Å². The number of aryl methyl sites for hydroxylation is 1. The minimum absolute atomic E-state index is 0.275. The first-order valence-electron chi connectivity index (χ1n) is 11.8. The highest BCUT2D eigenvalue weighted by atomic mass is 16.5. The van der Waals surface area contributed by atoms with Crippen molar-refractivity contribution in [3.8, 4) is 28.6 Å². The predicted molar refractivity (Wildman–Crippen MR) is 132 cm³/mol. The van der Waals surface area contributed by atoms with Gasteiger partial charge in [0.2, 0.25) is 0 Å². The van der Waals surface area contributed by atoms with Gasteiger partial charge in [-0.2, -0.15) is 10.1 Å². The monoisotopic (exact) mass is 490 g/mol. The van der Waals surface area contributed by atoms with Gasteiger partial charge in [0.05, 0.1) is 18.9 Å². The van der Waals surface area contributed by atoms with E-state index in [-0.39, 0.29) is 17.8 Å². The molecule has 4 heterocycles. The number of hydrogen-bond donors (Lipinski definition) is 1. The summed E-state index contributed by atoms with van der Waals surface area (Å²) in [5.41, 5.74) is 1.37. The van der Waals surface area contributed by atoms with Crippen molar-refractivity contribution < 1.29 is 9.26 Å². The molecule has 0 saturated heterocycles. The van der Waals surface area contributed by atoms with E-state index in [1.54, 1.807) is 28.8 Å². The third-order valence-electron chi connectivity index (χ3n) is 5.75. The smallest absolute Gasteiger partial charge is 0.332 e. The van der Waals surface area contributed by atoms with Crippen molar-refractivity contribution in [2.45, 2.75) is 46.3 Å². The standard InChI is InChI=1S/C24H26N8O4/c1-4-9-31-21-19(23(33)32(10-5-2)24(31)34)27-20(28-21)16-12-25-30(13-16)14-18-26-22(36-29-18)15-7-6-8-17(11-15)35-3/h6-8,11-13H,4-5,9-10,14H2,1-3H3,(H,27,28). The van der Waals surface area contributed by atoms with Crippen LogP contribution in [-0.2, 0) is 19.6 Å². The largest absolute Gasteiger partial charge is 0.497 e. The maximum atomic E-state index is 13.0. The molecule has 186 valence electrons. The number of H-pyrrole nitrogens is 1. The van der Waals surface area contributed by atoms with Crippen LogP contribution < -0.4 is 16.0 Å². The minimum atomic E-state index is -0.368. The molecule has 0 fully saturated rings. The van der Waals surface area contributed by atoms with Gasteiger partial charge in [-0.05, 0) is 31.0 Å². The first kappa shape index (κ1) is 23.3. The third kappa shape index (κ3) is 4.21. The van der Waals surface area contributed by atoms with Crippen LogP contribution in [0.2, 0.25) is 0 Å². The number of imidazole rings is 1. The van der Waals surface area contributed by atoms with Crippen LogP contribution >= 0.6 is 0 Å². The molecule has 36 heavy (non-hydrogen) atoms. The molecule has 5 aromatic rings. The highest BCUT2D eigenvalue weighted by Crippen LogP contribution is 2.23. The predicted octanol–water partition coefficient (Wildman–Crippen LogP) is 2.68. The van der Waals surface area contributed by atoms with Crippen LogP contribution in [0.25, 0.3) is 34.0 Å². The van der Waals surface area contributed by atoms with E-state index in [2.05, 4.69) is 25.2 Å². The lowest BCUT2D eigenvalue weighted by Crippen LogP contribution is -2.40. The number of nitrogens with one attached hydrogen (secondary N) is 1. The summed E-state index contributed by atoms with van der Waals surface area (Å²) in [6.07, 6.45) is 4.82. The summed E-state index contributed by atoms with van der Waals surface area (Å²) in [7, 11) is 1.60. The van der Waals surface area contributed by atoms with Crippen LogP contribution in [0.5, 0.6) is 5.75 Å². The Morgan fingerprint density at radius 2 is 1.86 bits per heavy atom. The number of aromatic amines is 1. The van der Waals surface area contributed by atoms with Gasteiger partial charge in [0.15, 0.2) is 11.5 Å². The van der Waals surface area contributed by atoms with E-state index < -0.39 is 0 Å². The van der Waals surface area contributed by atoms with Gasteiger partial charge in [0.1, 0.15) is 23.6 Å². The minimum Gasteiger partial charge on any atom is -0.497 e. The lowest BCUT2D eigenvalue weighted by Gasteiger charge is -2.09. The summed E-state index contributed by atoms with van der Waals surface area (Å²) in [5, 5.41) is 8.42. The number of nitrogens with zero attached hydrogens (tertiary/aromatic N) is 7. The second kappa shape index (κ2) is 9.64. The highest BCUT2D eigenvalue weighted by molar-refractivity contribution is 5.75. The van der Waals surface area contributed by atoms with Crippen molar-refractivity contribution in [1.29, 1.82) is 0 Å². The van der Waals surface area contributed by atoms with E-state index in [1.807, 2.05) is 38.1 Å². The summed E-state index contributed by atoms with van der Waals surface area (Å²) < 4.78 is 15.1. The molecule has 12 heteroatoms. The van der Waals surface area contributed by atoms with Crippen molar-refractivity contribution in [2.75, 3.05) is 7.11 Å². The lowest BCUT2D eigenvalue weighted by atomic mass is 10.2. The first-order chi connectivity index (χ1) is 17.5. The molecule has 0 aliphatic rings. The van der Waals surface area contributed by atoms with E-state index in [1.165, 1.54) is 4.57 Å². The summed E-state index contributed by atoms with van der Waals surface area (Å²) in [6.45, 7) is 5.00. The van der Waals surface area contributed by atoms with Crippen molar-refractivity contribution in [3.05, 3.63) is 63.3 Å². The molecule has 0 aliphatic heterocycles. The van der Waals surface area contributed by atoms with E-state index in [9.17, 15) is 9.59 Å². The first-order valence-corrected chi connectivity index (χ1v) is 11.8. The molecular weight excluding hydrogens is 464 g/mol. The van der Waals surface area contributed by atoms with E-state index in [4.69, 9.17) is 9.26 Å². The van der Waals surface area contributed by atoms with Crippen LogP contribution in [0.15, 0.2) is 50.8 Å². The number of ether oxygens (including phenoxy) is 1. The number of benzene rings is 1. The fraction of sp³-hybridized carbons (Fsp3) is 0.333. The molecule has 5 rings (SSSR count). The molecule has 0 aliphatic carbocycles. The van der Waals surface area contributed by atoms with Gasteiger partial charge in [-0.15, -0.1) is 0 Å². The van der Waals surface area contributed by atoms with E-state index in [0.29, 0.717) is 59.5 Å². The summed E-state index contributed by atoms with van der Waals surface area (Å²) >= 11 is 0. The Bertz CT molecular complexity index is 1640. The molecule has 0 unspecified atom stereocenters. The van der Waals surface area contributed by atoms with Crippen molar-refractivity contribution in [2.24, 2.45) is 0 Å². The number of hydrogen-bond acceptors (Lipinski definition) is 8. The second-order valence-corrected chi connectivity index (χ2v) is 8.35. The van der Waals surface area contributed by atoms with Gasteiger partial charge in [-0.3, -0.25) is 18.6 Å². The molecule has 4 aromatic heterocycles. The zero-order valence-corrected chi connectivity index (χ0v) is 20.3. The number of rotatable bonds is 9. The summed E-state index contributed by atoms with van der Waals surface area (Å²) in [4.78, 5) is 38.0. The molecule has 1 N–H and O–H groups in total. The molecule has 0 spiro atoms. The van der Waals surface area contributed by atoms with Crippen molar-refractivity contribution in [3.63, 3.8) is 0 Å².